The molecule has 1 aliphatic rings. The number of likely N-dealkylation sites (tertiary alicyclic amines) is 1. The van der Waals surface area contributed by atoms with Crippen LogP contribution in [0.1, 0.15) is 40.0 Å². The van der Waals surface area contributed by atoms with Gasteiger partial charge in [-0.1, -0.05) is 6.42 Å². The van der Waals surface area contributed by atoms with Crippen molar-refractivity contribution >= 4 is 10.0 Å². The maximum Gasteiger partial charge on any atom is 0.214 e. The Morgan fingerprint density at radius 1 is 1.12 bits per heavy atom. The summed E-state index contributed by atoms with van der Waals surface area (Å²) in [5.74, 6) is 0. The number of rotatable bonds is 5. The Labute approximate surface area is 99.5 Å². The SMILES string of the molecule is CC(CN1CCCCC1)NS(=O)(=O)C(C)C. The number of sulfonamides is 1. The first-order valence-electron chi connectivity index (χ1n) is 6.15. The van der Waals surface area contributed by atoms with Gasteiger partial charge in [0.25, 0.3) is 0 Å². The van der Waals surface area contributed by atoms with Gasteiger partial charge in [-0.15, -0.1) is 0 Å². The molecular formula is C11H24N2O2S. The molecule has 0 aromatic heterocycles. The lowest BCUT2D eigenvalue weighted by molar-refractivity contribution is 0.215. The summed E-state index contributed by atoms with van der Waals surface area (Å²) in [6.07, 6.45) is 3.79. The highest BCUT2D eigenvalue weighted by molar-refractivity contribution is 7.90. The second kappa shape index (κ2) is 5.98. The van der Waals surface area contributed by atoms with Crippen molar-refractivity contribution in [2.24, 2.45) is 0 Å². The fourth-order valence-corrected chi connectivity index (χ4v) is 2.89. The first-order chi connectivity index (χ1) is 7.42. The van der Waals surface area contributed by atoms with Crippen LogP contribution in [0.4, 0.5) is 0 Å². The van der Waals surface area contributed by atoms with E-state index in [-0.39, 0.29) is 11.3 Å². The van der Waals surface area contributed by atoms with E-state index in [9.17, 15) is 8.42 Å². The molecule has 16 heavy (non-hydrogen) atoms. The molecule has 0 aromatic carbocycles. The van der Waals surface area contributed by atoms with Crippen LogP contribution >= 0.6 is 0 Å². The maximum absolute atomic E-state index is 11.7. The molecule has 0 amide bonds. The smallest absolute Gasteiger partial charge is 0.214 e. The van der Waals surface area contributed by atoms with Gasteiger partial charge in [-0.2, -0.15) is 0 Å². The van der Waals surface area contributed by atoms with Gasteiger partial charge in [0.1, 0.15) is 0 Å². The Hall–Kier alpha value is -0.130. The van der Waals surface area contributed by atoms with E-state index in [1.807, 2.05) is 6.92 Å². The zero-order valence-corrected chi connectivity index (χ0v) is 11.4. The molecule has 0 saturated carbocycles. The highest BCUT2D eigenvalue weighted by Gasteiger charge is 2.20. The van der Waals surface area contributed by atoms with Crippen molar-refractivity contribution in [2.75, 3.05) is 19.6 Å². The monoisotopic (exact) mass is 248 g/mol. The van der Waals surface area contributed by atoms with Gasteiger partial charge in [-0.3, -0.25) is 0 Å². The number of hydrogen-bond acceptors (Lipinski definition) is 3. The van der Waals surface area contributed by atoms with E-state index in [2.05, 4.69) is 9.62 Å². The molecule has 1 aliphatic heterocycles. The van der Waals surface area contributed by atoms with E-state index in [0.717, 1.165) is 19.6 Å². The van der Waals surface area contributed by atoms with Crippen LogP contribution in [0.15, 0.2) is 0 Å². The molecule has 5 heteroatoms. The van der Waals surface area contributed by atoms with Crippen LogP contribution in [0.25, 0.3) is 0 Å². The molecule has 0 aliphatic carbocycles. The molecule has 1 rings (SSSR count). The van der Waals surface area contributed by atoms with Crippen molar-refractivity contribution in [3.05, 3.63) is 0 Å². The fourth-order valence-electron chi connectivity index (χ4n) is 1.98. The minimum atomic E-state index is -3.12. The van der Waals surface area contributed by atoms with E-state index >= 15 is 0 Å². The normalized spacial score (nSPS) is 21.2. The van der Waals surface area contributed by atoms with Crippen LogP contribution in [0.2, 0.25) is 0 Å². The Kier molecular flexibility index (Phi) is 5.21. The van der Waals surface area contributed by atoms with E-state index in [1.165, 1.54) is 19.3 Å². The van der Waals surface area contributed by atoms with E-state index in [0.29, 0.717) is 0 Å². The van der Waals surface area contributed by atoms with E-state index < -0.39 is 10.0 Å². The maximum atomic E-state index is 11.7. The lowest BCUT2D eigenvalue weighted by Gasteiger charge is -2.29. The summed E-state index contributed by atoms with van der Waals surface area (Å²) in [6, 6.07) is 0.00509. The minimum absolute atomic E-state index is 0.00509. The van der Waals surface area contributed by atoms with Gasteiger partial charge in [0.15, 0.2) is 0 Å². The average molecular weight is 248 g/mol. The molecule has 0 spiro atoms. The van der Waals surface area contributed by atoms with E-state index in [1.54, 1.807) is 13.8 Å². The van der Waals surface area contributed by atoms with Crippen LogP contribution in [0.3, 0.4) is 0 Å². The largest absolute Gasteiger partial charge is 0.302 e. The number of piperidine rings is 1. The third-order valence-electron chi connectivity index (χ3n) is 2.97. The van der Waals surface area contributed by atoms with Gasteiger partial charge in [0.2, 0.25) is 10.0 Å². The summed E-state index contributed by atoms with van der Waals surface area (Å²) in [6.45, 7) is 8.38. The highest BCUT2D eigenvalue weighted by atomic mass is 32.2. The van der Waals surface area contributed by atoms with Crippen LogP contribution in [-0.2, 0) is 10.0 Å². The lowest BCUT2D eigenvalue weighted by Crippen LogP contribution is -2.45. The molecule has 0 radical (unpaired) electrons. The number of hydrogen-bond donors (Lipinski definition) is 1. The predicted octanol–water partition coefficient (Wildman–Crippen LogP) is 1.19. The number of nitrogens with zero attached hydrogens (tertiary/aromatic N) is 1. The molecule has 96 valence electrons. The first kappa shape index (κ1) is 13.9. The summed E-state index contributed by atoms with van der Waals surface area (Å²) < 4.78 is 26.0. The van der Waals surface area contributed by atoms with Gasteiger partial charge >= 0.3 is 0 Å². The van der Waals surface area contributed by atoms with Crippen molar-refractivity contribution in [1.29, 1.82) is 0 Å². The van der Waals surface area contributed by atoms with Gasteiger partial charge in [-0.25, -0.2) is 13.1 Å². The molecule has 0 bridgehead atoms. The van der Waals surface area contributed by atoms with Crippen molar-refractivity contribution in [2.45, 2.75) is 51.3 Å². The van der Waals surface area contributed by atoms with Crippen molar-refractivity contribution in [3.63, 3.8) is 0 Å². The molecule has 1 fully saturated rings. The van der Waals surface area contributed by atoms with Crippen molar-refractivity contribution in [3.8, 4) is 0 Å². The molecular weight excluding hydrogens is 224 g/mol. The average Bonchev–Trinajstić information content (AvgIpc) is 2.17. The quantitative estimate of drug-likeness (QED) is 0.795. The van der Waals surface area contributed by atoms with Crippen molar-refractivity contribution < 1.29 is 8.42 Å². The lowest BCUT2D eigenvalue weighted by atomic mass is 10.1. The fraction of sp³-hybridized carbons (Fsp3) is 1.00. The van der Waals surface area contributed by atoms with Crippen molar-refractivity contribution in [1.82, 2.24) is 9.62 Å². The molecule has 1 saturated heterocycles. The summed E-state index contributed by atoms with van der Waals surface area (Å²) in [5.41, 5.74) is 0. The third kappa shape index (κ3) is 4.39. The van der Waals surface area contributed by atoms with Crippen LogP contribution in [-0.4, -0.2) is 44.2 Å². The zero-order chi connectivity index (χ0) is 12.2. The predicted molar refractivity (Wildman–Crippen MR) is 66.9 cm³/mol. The highest BCUT2D eigenvalue weighted by Crippen LogP contribution is 2.09. The second-order valence-electron chi connectivity index (χ2n) is 4.97. The van der Waals surface area contributed by atoms with Gasteiger partial charge in [-0.05, 0) is 46.7 Å². The van der Waals surface area contributed by atoms with Crippen LogP contribution in [0.5, 0.6) is 0 Å². The standard InChI is InChI=1S/C11H24N2O2S/c1-10(2)16(14,15)12-11(3)9-13-7-5-4-6-8-13/h10-12H,4-9H2,1-3H3. The first-order valence-corrected chi connectivity index (χ1v) is 7.70. The summed E-state index contributed by atoms with van der Waals surface area (Å²) in [5, 5.41) is -0.351. The van der Waals surface area contributed by atoms with Gasteiger partial charge in [0, 0.05) is 12.6 Å². The second-order valence-corrected chi connectivity index (χ2v) is 7.24. The van der Waals surface area contributed by atoms with Gasteiger partial charge < -0.3 is 4.90 Å². The Morgan fingerprint density at radius 2 is 1.69 bits per heavy atom. The summed E-state index contributed by atoms with van der Waals surface area (Å²) >= 11 is 0. The van der Waals surface area contributed by atoms with E-state index in [4.69, 9.17) is 0 Å². The Morgan fingerprint density at radius 3 is 2.19 bits per heavy atom. The molecule has 1 atom stereocenters. The minimum Gasteiger partial charge on any atom is -0.302 e. The molecule has 1 N–H and O–H groups in total. The molecule has 4 nitrogen and oxygen atoms in total. The number of nitrogens with one attached hydrogen (secondary N) is 1. The molecule has 0 aromatic rings. The molecule has 1 heterocycles. The third-order valence-corrected chi connectivity index (χ3v) is 4.94. The topological polar surface area (TPSA) is 49.4 Å². The Bertz CT molecular complexity index is 295. The van der Waals surface area contributed by atoms with Crippen LogP contribution < -0.4 is 4.72 Å². The Balaban J connectivity index is 2.37. The van der Waals surface area contributed by atoms with Gasteiger partial charge in [0.05, 0.1) is 5.25 Å². The molecule has 1 unspecified atom stereocenters. The van der Waals surface area contributed by atoms with Crippen LogP contribution in [0, 0.1) is 0 Å². The zero-order valence-electron chi connectivity index (χ0n) is 10.6. The summed E-state index contributed by atoms with van der Waals surface area (Å²) in [7, 11) is -3.12. The summed E-state index contributed by atoms with van der Waals surface area (Å²) in [4.78, 5) is 2.34.